The number of nitrogens with one attached hydrogen (secondary N) is 1. The summed E-state index contributed by atoms with van der Waals surface area (Å²) in [7, 11) is 2.73. The summed E-state index contributed by atoms with van der Waals surface area (Å²) in [5.74, 6) is -0.279. The molecule has 0 fully saturated rings. The number of anilines is 2. The third-order valence-electron chi connectivity index (χ3n) is 6.89. The van der Waals surface area contributed by atoms with Gasteiger partial charge in [0.15, 0.2) is 0 Å². The summed E-state index contributed by atoms with van der Waals surface area (Å²) in [5, 5.41) is 1.91. The molecular formula is C33H43F3N2O3. The van der Waals surface area contributed by atoms with E-state index in [1.165, 1.54) is 25.4 Å². The standard InChI is InChI=1S/C33H43F3N2O3/c1-9-12-15-38(27-19-29(40-7)31(30(20-27)41-8)32(39)37-21-33(34,35)36)28-14-13-25(18-24(28)6)26(16-22(4)10-2)17-23(5)11-3/h9,12-14,16-20,22H,10-11,15,21H2,1-8H3,(H,37,39)/b12-9-,23-17+,26-16+. The fourth-order valence-electron chi connectivity index (χ4n) is 4.26. The van der Waals surface area contributed by atoms with Crippen LogP contribution in [0.1, 0.15) is 68.9 Å². The van der Waals surface area contributed by atoms with Crippen LogP contribution in [0.5, 0.6) is 11.5 Å². The van der Waals surface area contributed by atoms with Gasteiger partial charge in [-0.1, -0.05) is 63.1 Å². The highest BCUT2D eigenvalue weighted by molar-refractivity contribution is 6.00. The normalized spacial score (nSPS) is 13.3. The van der Waals surface area contributed by atoms with E-state index < -0.39 is 18.6 Å². The first kappa shape index (κ1) is 33.5. The lowest BCUT2D eigenvalue weighted by Crippen LogP contribution is -2.34. The van der Waals surface area contributed by atoms with Gasteiger partial charge in [-0.3, -0.25) is 4.79 Å². The Morgan fingerprint density at radius 3 is 2.22 bits per heavy atom. The van der Waals surface area contributed by atoms with E-state index in [4.69, 9.17) is 9.47 Å². The summed E-state index contributed by atoms with van der Waals surface area (Å²) in [6.07, 6.45) is 5.97. The van der Waals surface area contributed by atoms with Crippen LogP contribution < -0.4 is 19.7 Å². The van der Waals surface area contributed by atoms with Gasteiger partial charge < -0.3 is 19.7 Å². The van der Waals surface area contributed by atoms with Crippen molar-refractivity contribution in [2.24, 2.45) is 5.92 Å². The third-order valence-corrected chi connectivity index (χ3v) is 6.89. The molecule has 0 bridgehead atoms. The Hall–Kier alpha value is -3.68. The van der Waals surface area contributed by atoms with Gasteiger partial charge in [0.25, 0.3) is 5.91 Å². The van der Waals surface area contributed by atoms with E-state index in [1.807, 2.05) is 36.2 Å². The molecule has 0 radical (unpaired) electrons. The SMILES string of the molecule is C/C=C\CN(c1cc(OC)c(C(=O)NCC(F)(F)F)c(OC)c1)c1ccc(C(/C=C(\C)CC)=C/C(C)CC)cc1C. The molecule has 5 nitrogen and oxygen atoms in total. The first-order valence-corrected chi connectivity index (χ1v) is 13.9. The molecule has 2 aromatic rings. The van der Waals surface area contributed by atoms with Crippen LogP contribution in [0.3, 0.4) is 0 Å². The van der Waals surface area contributed by atoms with E-state index >= 15 is 0 Å². The molecule has 0 aliphatic rings. The summed E-state index contributed by atoms with van der Waals surface area (Å²) in [5.41, 5.74) is 6.15. The number of allylic oxidation sites excluding steroid dienone is 5. The Bertz CT molecular complexity index is 1250. The van der Waals surface area contributed by atoms with Crippen LogP contribution in [0.4, 0.5) is 24.5 Å². The number of ether oxygens (including phenoxy) is 2. The van der Waals surface area contributed by atoms with Gasteiger partial charge in [-0.2, -0.15) is 13.2 Å². The number of carbonyl (C=O) groups is 1. The second-order valence-corrected chi connectivity index (χ2v) is 10.1. The van der Waals surface area contributed by atoms with E-state index in [2.05, 4.69) is 58.0 Å². The van der Waals surface area contributed by atoms with Crippen molar-refractivity contribution < 1.29 is 27.4 Å². The third kappa shape index (κ3) is 9.44. The molecule has 8 heteroatoms. The fourth-order valence-corrected chi connectivity index (χ4v) is 4.26. The molecule has 0 heterocycles. The van der Waals surface area contributed by atoms with E-state index in [9.17, 15) is 18.0 Å². The Balaban J connectivity index is 2.64. The Morgan fingerprint density at radius 2 is 1.73 bits per heavy atom. The number of halogens is 3. The monoisotopic (exact) mass is 572 g/mol. The lowest BCUT2D eigenvalue weighted by atomic mass is 9.95. The number of nitrogens with zero attached hydrogens (tertiary/aromatic N) is 1. The van der Waals surface area contributed by atoms with Crippen molar-refractivity contribution in [1.82, 2.24) is 5.32 Å². The molecule has 224 valence electrons. The van der Waals surface area contributed by atoms with Crippen LogP contribution in [-0.2, 0) is 0 Å². The van der Waals surface area contributed by atoms with Gasteiger partial charge in [-0.15, -0.1) is 0 Å². The molecule has 1 atom stereocenters. The summed E-state index contributed by atoms with van der Waals surface area (Å²) < 4.78 is 49.2. The first-order valence-electron chi connectivity index (χ1n) is 13.9. The van der Waals surface area contributed by atoms with E-state index in [-0.39, 0.29) is 17.1 Å². The number of rotatable bonds is 13. The predicted octanol–water partition coefficient (Wildman–Crippen LogP) is 8.80. The van der Waals surface area contributed by atoms with Gasteiger partial charge in [-0.25, -0.2) is 0 Å². The number of hydrogen-bond donors (Lipinski definition) is 1. The topological polar surface area (TPSA) is 50.8 Å². The number of methoxy groups -OCH3 is 2. The second-order valence-electron chi connectivity index (χ2n) is 10.1. The number of hydrogen-bond acceptors (Lipinski definition) is 4. The minimum Gasteiger partial charge on any atom is -0.496 e. The van der Waals surface area contributed by atoms with Crippen molar-refractivity contribution in [3.63, 3.8) is 0 Å². The fraction of sp³-hybridized carbons (Fsp3) is 0.424. The van der Waals surface area contributed by atoms with Crippen LogP contribution in [0.15, 0.2) is 60.2 Å². The minimum absolute atomic E-state index is 0.0982. The predicted molar refractivity (Wildman–Crippen MR) is 162 cm³/mol. The molecule has 0 aliphatic carbocycles. The first-order chi connectivity index (χ1) is 19.4. The average molecular weight is 573 g/mol. The molecule has 2 aromatic carbocycles. The zero-order valence-electron chi connectivity index (χ0n) is 25.4. The van der Waals surface area contributed by atoms with Crippen LogP contribution in [0.25, 0.3) is 5.57 Å². The van der Waals surface area contributed by atoms with Crippen LogP contribution in [0.2, 0.25) is 0 Å². The van der Waals surface area contributed by atoms with Crippen molar-refractivity contribution >= 4 is 22.9 Å². The van der Waals surface area contributed by atoms with Gasteiger partial charge in [0.05, 0.1) is 14.2 Å². The molecule has 1 amide bonds. The number of aryl methyl sites for hydroxylation is 1. The summed E-state index contributed by atoms with van der Waals surface area (Å²) in [6, 6.07) is 9.62. The lowest BCUT2D eigenvalue weighted by molar-refractivity contribution is -0.123. The van der Waals surface area contributed by atoms with E-state index in [0.29, 0.717) is 18.2 Å². The van der Waals surface area contributed by atoms with E-state index in [0.717, 1.165) is 29.7 Å². The average Bonchev–Trinajstić information content (AvgIpc) is 2.94. The quantitative estimate of drug-likeness (QED) is 0.193. The highest BCUT2D eigenvalue weighted by Gasteiger charge is 2.30. The highest BCUT2D eigenvalue weighted by Crippen LogP contribution is 2.39. The van der Waals surface area contributed by atoms with Crippen LogP contribution in [-0.4, -0.2) is 39.4 Å². The molecule has 0 spiro atoms. The molecule has 1 unspecified atom stereocenters. The molecule has 0 saturated heterocycles. The maximum absolute atomic E-state index is 12.8. The number of alkyl halides is 3. The number of amides is 1. The van der Waals surface area contributed by atoms with Crippen LogP contribution >= 0.6 is 0 Å². The zero-order chi connectivity index (χ0) is 30.7. The second kappa shape index (κ2) is 15.4. The van der Waals surface area contributed by atoms with Crippen molar-refractivity contribution in [3.05, 3.63) is 76.9 Å². The van der Waals surface area contributed by atoms with Crippen molar-refractivity contribution in [2.75, 3.05) is 32.2 Å². The molecule has 2 rings (SSSR count). The molecular weight excluding hydrogens is 529 g/mol. The van der Waals surface area contributed by atoms with Gasteiger partial charge >= 0.3 is 6.18 Å². The molecule has 1 N–H and O–H groups in total. The maximum Gasteiger partial charge on any atom is 0.405 e. The summed E-state index contributed by atoms with van der Waals surface area (Å²) in [4.78, 5) is 14.8. The van der Waals surface area contributed by atoms with Gasteiger partial charge in [0.1, 0.15) is 23.6 Å². The van der Waals surface area contributed by atoms with E-state index in [1.54, 1.807) is 12.1 Å². The van der Waals surface area contributed by atoms with Crippen molar-refractivity contribution in [2.45, 2.75) is 60.6 Å². The molecule has 41 heavy (non-hydrogen) atoms. The Morgan fingerprint density at radius 1 is 1.10 bits per heavy atom. The van der Waals surface area contributed by atoms with Gasteiger partial charge in [0.2, 0.25) is 0 Å². The maximum atomic E-state index is 12.8. The Kier molecular flexibility index (Phi) is 12.6. The van der Waals surface area contributed by atoms with Gasteiger partial charge in [0, 0.05) is 30.1 Å². The Labute approximate surface area is 242 Å². The molecule has 0 saturated carbocycles. The van der Waals surface area contributed by atoms with Gasteiger partial charge in [-0.05, 0) is 61.9 Å². The number of benzene rings is 2. The van der Waals surface area contributed by atoms with Crippen molar-refractivity contribution in [1.29, 1.82) is 0 Å². The zero-order valence-corrected chi connectivity index (χ0v) is 25.4. The minimum atomic E-state index is -4.54. The summed E-state index contributed by atoms with van der Waals surface area (Å²) in [6.45, 7) is 11.7. The van der Waals surface area contributed by atoms with Crippen molar-refractivity contribution in [3.8, 4) is 11.5 Å². The smallest absolute Gasteiger partial charge is 0.405 e. The molecule has 0 aromatic heterocycles. The highest BCUT2D eigenvalue weighted by atomic mass is 19.4. The lowest BCUT2D eigenvalue weighted by Gasteiger charge is -2.27. The summed E-state index contributed by atoms with van der Waals surface area (Å²) >= 11 is 0. The number of carbonyl (C=O) groups excluding carboxylic acids is 1. The van der Waals surface area contributed by atoms with Crippen LogP contribution in [0, 0.1) is 12.8 Å². The largest absolute Gasteiger partial charge is 0.496 e. The molecule has 0 aliphatic heterocycles.